The van der Waals surface area contributed by atoms with Gasteiger partial charge in [0.1, 0.15) is 23.7 Å². The van der Waals surface area contributed by atoms with Gasteiger partial charge in [0, 0.05) is 6.07 Å². The van der Waals surface area contributed by atoms with Crippen molar-refractivity contribution in [3.8, 4) is 5.75 Å². The van der Waals surface area contributed by atoms with E-state index in [2.05, 4.69) is 5.32 Å². The number of carbonyl (C=O) groups excluding carboxylic acids is 1. The maximum atomic E-state index is 13.3. The summed E-state index contributed by atoms with van der Waals surface area (Å²) in [5, 5.41) is 2.96. The Labute approximate surface area is 106 Å². The highest BCUT2D eigenvalue weighted by Crippen LogP contribution is 2.17. The molecule has 0 saturated carbocycles. The summed E-state index contributed by atoms with van der Waals surface area (Å²) in [5.41, 5.74) is 4.91. The summed E-state index contributed by atoms with van der Waals surface area (Å²) in [6.07, 6.45) is 0. The van der Waals surface area contributed by atoms with Crippen LogP contribution in [0.3, 0.4) is 0 Å². The Morgan fingerprint density at radius 3 is 2.72 bits per heavy atom. The van der Waals surface area contributed by atoms with E-state index in [-0.39, 0.29) is 12.4 Å². The number of nitrogens with one attached hydrogen (secondary N) is 1. The predicted molar refractivity (Wildman–Crippen MR) is 67.9 cm³/mol. The van der Waals surface area contributed by atoms with Crippen LogP contribution in [0.15, 0.2) is 18.2 Å². The lowest BCUT2D eigenvalue weighted by Gasteiger charge is -2.26. The van der Waals surface area contributed by atoms with Crippen LogP contribution in [0.25, 0.3) is 0 Å². The summed E-state index contributed by atoms with van der Waals surface area (Å²) >= 11 is 0. The van der Waals surface area contributed by atoms with Crippen molar-refractivity contribution in [2.24, 2.45) is 5.73 Å². The molecule has 0 radical (unpaired) electrons. The molecule has 0 aliphatic rings. The maximum absolute atomic E-state index is 13.3. The Hall–Kier alpha value is -1.62. The standard InChI is InChI=1S/C13H19FN2O2/c1-4-16-13(3,12(15)17)8-18-10-6-5-9(2)11(14)7-10/h5-7,16H,4,8H2,1-3H3,(H2,15,17). The highest BCUT2D eigenvalue weighted by atomic mass is 19.1. The number of hydrogen-bond donors (Lipinski definition) is 2. The van der Waals surface area contributed by atoms with E-state index in [1.54, 1.807) is 26.0 Å². The Balaban J connectivity index is 2.73. The largest absolute Gasteiger partial charge is 0.491 e. The monoisotopic (exact) mass is 254 g/mol. The minimum absolute atomic E-state index is 0.0542. The number of rotatable bonds is 6. The molecule has 18 heavy (non-hydrogen) atoms. The number of amides is 1. The summed E-state index contributed by atoms with van der Waals surface area (Å²) < 4.78 is 18.7. The fourth-order valence-corrected chi connectivity index (χ4v) is 1.49. The van der Waals surface area contributed by atoms with Crippen LogP contribution in [0.2, 0.25) is 0 Å². The summed E-state index contributed by atoms with van der Waals surface area (Å²) in [6, 6.07) is 4.58. The maximum Gasteiger partial charge on any atom is 0.240 e. The van der Waals surface area contributed by atoms with Crippen molar-refractivity contribution in [1.82, 2.24) is 5.32 Å². The Morgan fingerprint density at radius 1 is 1.56 bits per heavy atom. The summed E-state index contributed by atoms with van der Waals surface area (Å²) in [6.45, 7) is 5.84. The molecule has 100 valence electrons. The normalized spacial score (nSPS) is 14.0. The highest BCUT2D eigenvalue weighted by Gasteiger charge is 2.31. The number of hydrogen-bond acceptors (Lipinski definition) is 3. The molecular weight excluding hydrogens is 235 g/mol. The third kappa shape index (κ3) is 3.43. The molecule has 1 atom stereocenters. The van der Waals surface area contributed by atoms with E-state index in [1.807, 2.05) is 6.92 Å². The number of nitrogens with two attached hydrogens (primary N) is 1. The van der Waals surface area contributed by atoms with Crippen molar-refractivity contribution >= 4 is 5.91 Å². The van der Waals surface area contributed by atoms with Gasteiger partial charge >= 0.3 is 0 Å². The van der Waals surface area contributed by atoms with Crippen molar-refractivity contribution < 1.29 is 13.9 Å². The van der Waals surface area contributed by atoms with Crippen molar-refractivity contribution in [3.05, 3.63) is 29.6 Å². The van der Waals surface area contributed by atoms with E-state index in [0.717, 1.165) is 0 Å². The van der Waals surface area contributed by atoms with E-state index >= 15 is 0 Å². The molecule has 1 aromatic rings. The lowest BCUT2D eigenvalue weighted by Crippen LogP contribution is -2.57. The zero-order valence-corrected chi connectivity index (χ0v) is 10.9. The zero-order chi connectivity index (χ0) is 13.8. The molecule has 0 aliphatic carbocycles. The third-order valence-corrected chi connectivity index (χ3v) is 2.78. The molecule has 0 aliphatic heterocycles. The first-order chi connectivity index (χ1) is 8.39. The molecule has 1 unspecified atom stereocenters. The van der Waals surface area contributed by atoms with E-state index in [0.29, 0.717) is 17.9 Å². The lowest BCUT2D eigenvalue weighted by molar-refractivity contribution is -0.124. The number of benzene rings is 1. The van der Waals surface area contributed by atoms with Gasteiger partial charge in [-0.15, -0.1) is 0 Å². The predicted octanol–water partition coefficient (Wildman–Crippen LogP) is 1.37. The molecule has 0 aromatic heterocycles. The average Bonchev–Trinajstić information content (AvgIpc) is 2.31. The SMILES string of the molecule is CCNC(C)(COc1ccc(C)c(F)c1)C(N)=O. The summed E-state index contributed by atoms with van der Waals surface area (Å²) in [4.78, 5) is 11.4. The van der Waals surface area contributed by atoms with Gasteiger partial charge in [-0.3, -0.25) is 4.79 Å². The Morgan fingerprint density at radius 2 is 2.22 bits per heavy atom. The van der Waals surface area contributed by atoms with Gasteiger partial charge in [-0.25, -0.2) is 4.39 Å². The molecule has 1 amide bonds. The number of aryl methyl sites for hydroxylation is 1. The first-order valence-corrected chi connectivity index (χ1v) is 5.83. The minimum atomic E-state index is -0.962. The van der Waals surface area contributed by atoms with Gasteiger partial charge in [0.15, 0.2) is 0 Å². The van der Waals surface area contributed by atoms with Crippen molar-refractivity contribution in [2.45, 2.75) is 26.3 Å². The average molecular weight is 254 g/mol. The topological polar surface area (TPSA) is 64.3 Å². The molecule has 0 heterocycles. The van der Waals surface area contributed by atoms with E-state index in [4.69, 9.17) is 10.5 Å². The van der Waals surface area contributed by atoms with Crippen LogP contribution in [0.4, 0.5) is 4.39 Å². The second-order valence-corrected chi connectivity index (χ2v) is 4.43. The number of carbonyl (C=O) groups is 1. The zero-order valence-electron chi connectivity index (χ0n) is 10.9. The first-order valence-electron chi connectivity index (χ1n) is 5.83. The van der Waals surface area contributed by atoms with Crippen molar-refractivity contribution in [1.29, 1.82) is 0 Å². The van der Waals surface area contributed by atoms with E-state index in [1.165, 1.54) is 6.07 Å². The quantitative estimate of drug-likeness (QED) is 0.805. The van der Waals surface area contributed by atoms with Gasteiger partial charge in [0.25, 0.3) is 0 Å². The van der Waals surface area contributed by atoms with Gasteiger partial charge in [0.2, 0.25) is 5.91 Å². The molecule has 1 aromatic carbocycles. The first kappa shape index (κ1) is 14.4. The number of halogens is 1. The van der Waals surface area contributed by atoms with Crippen LogP contribution in [-0.4, -0.2) is 24.6 Å². The molecule has 3 N–H and O–H groups in total. The molecular formula is C13H19FN2O2. The van der Waals surface area contributed by atoms with Crippen LogP contribution in [-0.2, 0) is 4.79 Å². The lowest BCUT2D eigenvalue weighted by atomic mass is 10.0. The fraction of sp³-hybridized carbons (Fsp3) is 0.462. The second-order valence-electron chi connectivity index (χ2n) is 4.43. The van der Waals surface area contributed by atoms with Crippen LogP contribution in [0, 0.1) is 12.7 Å². The van der Waals surface area contributed by atoms with Gasteiger partial charge in [-0.2, -0.15) is 0 Å². The molecule has 5 heteroatoms. The third-order valence-electron chi connectivity index (χ3n) is 2.78. The fourth-order valence-electron chi connectivity index (χ4n) is 1.49. The second kappa shape index (κ2) is 5.82. The molecule has 4 nitrogen and oxygen atoms in total. The van der Waals surface area contributed by atoms with Crippen LogP contribution in [0.5, 0.6) is 5.75 Å². The Kier molecular flexibility index (Phi) is 4.67. The molecule has 0 fully saturated rings. The molecule has 1 rings (SSSR count). The molecule has 0 bridgehead atoms. The van der Waals surface area contributed by atoms with Gasteiger partial charge < -0.3 is 15.8 Å². The van der Waals surface area contributed by atoms with Crippen LogP contribution >= 0.6 is 0 Å². The number of likely N-dealkylation sites (N-methyl/N-ethyl adjacent to an activating group) is 1. The smallest absolute Gasteiger partial charge is 0.240 e. The minimum Gasteiger partial charge on any atom is -0.491 e. The highest BCUT2D eigenvalue weighted by molar-refractivity contribution is 5.84. The number of primary amides is 1. The van der Waals surface area contributed by atoms with Gasteiger partial charge in [-0.05, 0) is 32.0 Å². The van der Waals surface area contributed by atoms with Crippen LogP contribution in [0.1, 0.15) is 19.4 Å². The molecule has 0 spiro atoms. The van der Waals surface area contributed by atoms with Gasteiger partial charge in [-0.1, -0.05) is 13.0 Å². The Bertz CT molecular complexity index is 437. The van der Waals surface area contributed by atoms with Crippen LogP contribution < -0.4 is 15.8 Å². The van der Waals surface area contributed by atoms with Crippen molar-refractivity contribution in [2.75, 3.05) is 13.2 Å². The summed E-state index contributed by atoms with van der Waals surface area (Å²) in [7, 11) is 0. The van der Waals surface area contributed by atoms with Crippen molar-refractivity contribution in [3.63, 3.8) is 0 Å². The summed E-state index contributed by atoms with van der Waals surface area (Å²) in [5.74, 6) is -0.461. The van der Waals surface area contributed by atoms with E-state index in [9.17, 15) is 9.18 Å². The van der Waals surface area contributed by atoms with Gasteiger partial charge in [0.05, 0.1) is 0 Å². The van der Waals surface area contributed by atoms with E-state index < -0.39 is 11.4 Å². The molecule has 0 saturated heterocycles. The number of ether oxygens (including phenoxy) is 1.